The van der Waals surface area contributed by atoms with Crippen LogP contribution in [0.25, 0.3) is 0 Å². The second kappa shape index (κ2) is 4.80. The van der Waals surface area contributed by atoms with Gasteiger partial charge in [0.2, 0.25) is 0 Å². The summed E-state index contributed by atoms with van der Waals surface area (Å²) in [6.45, 7) is 0. The molecule has 0 saturated carbocycles. The van der Waals surface area contributed by atoms with Crippen LogP contribution in [0.3, 0.4) is 0 Å². The Morgan fingerprint density at radius 1 is 1.22 bits per heavy atom. The Labute approximate surface area is 105 Å². The molecule has 0 atom stereocenters. The van der Waals surface area contributed by atoms with E-state index in [9.17, 15) is 14.9 Å². The first-order chi connectivity index (χ1) is 8.56. The summed E-state index contributed by atoms with van der Waals surface area (Å²) < 4.78 is 0. The number of nitrogens with one attached hydrogen (secondary N) is 4. The van der Waals surface area contributed by atoms with Gasteiger partial charge in [0.25, 0.3) is 11.2 Å². The lowest BCUT2D eigenvalue weighted by Crippen LogP contribution is -2.10. The minimum Gasteiger partial charge on any atom is -0.293 e. The molecule has 2 rings (SSSR count). The lowest BCUT2D eigenvalue weighted by atomic mass is 10.3. The van der Waals surface area contributed by atoms with Crippen LogP contribution in [0.5, 0.6) is 0 Å². The first-order valence-electron chi connectivity index (χ1n) is 4.80. The molecule has 9 heteroatoms. The number of halogens is 1. The number of anilines is 2. The number of nitrogens with zero attached hydrogens (tertiary/aromatic N) is 1. The Balaban J connectivity index is 2.20. The lowest BCUT2D eigenvalue weighted by Gasteiger charge is -2.08. The van der Waals surface area contributed by atoms with E-state index >= 15 is 0 Å². The Hall–Kier alpha value is -2.48. The van der Waals surface area contributed by atoms with Gasteiger partial charge in [-0.3, -0.25) is 36.0 Å². The van der Waals surface area contributed by atoms with Gasteiger partial charge in [0, 0.05) is 17.2 Å². The van der Waals surface area contributed by atoms with Gasteiger partial charge in [0.05, 0.1) is 4.92 Å². The van der Waals surface area contributed by atoms with E-state index in [2.05, 4.69) is 21.0 Å². The summed E-state index contributed by atoms with van der Waals surface area (Å²) in [5, 5.41) is 16.0. The maximum absolute atomic E-state index is 10.8. The molecule has 0 spiro atoms. The summed E-state index contributed by atoms with van der Waals surface area (Å²) in [6, 6.07) is 5.36. The lowest BCUT2D eigenvalue weighted by molar-refractivity contribution is -0.383. The van der Waals surface area contributed by atoms with Crippen LogP contribution in [0.1, 0.15) is 0 Å². The van der Waals surface area contributed by atoms with Crippen LogP contribution in [-0.2, 0) is 0 Å². The quantitative estimate of drug-likeness (QED) is 0.498. The van der Waals surface area contributed by atoms with Crippen molar-refractivity contribution < 1.29 is 4.92 Å². The van der Waals surface area contributed by atoms with Gasteiger partial charge in [-0.15, -0.1) is 0 Å². The molecule has 0 aliphatic heterocycles. The average Bonchev–Trinajstić information content (AvgIpc) is 2.72. The third kappa shape index (κ3) is 2.61. The molecule has 18 heavy (non-hydrogen) atoms. The summed E-state index contributed by atoms with van der Waals surface area (Å²) in [7, 11) is 0. The van der Waals surface area contributed by atoms with Gasteiger partial charge in [0.1, 0.15) is 11.5 Å². The second-order valence-electron chi connectivity index (χ2n) is 3.34. The van der Waals surface area contributed by atoms with Gasteiger partial charge in [0.15, 0.2) is 0 Å². The molecule has 1 heterocycles. The van der Waals surface area contributed by atoms with Crippen molar-refractivity contribution in [2.45, 2.75) is 0 Å². The third-order valence-electron chi connectivity index (χ3n) is 2.08. The molecule has 8 nitrogen and oxygen atoms in total. The highest BCUT2D eigenvalue weighted by molar-refractivity contribution is 6.31. The smallest absolute Gasteiger partial charge is 0.293 e. The van der Waals surface area contributed by atoms with Gasteiger partial charge in [-0.1, -0.05) is 11.6 Å². The highest BCUT2D eigenvalue weighted by Crippen LogP contribution is 2.27. The number of aromatic nitrogens is 2. The summed E-state index contributed by atoms with van der Waals surface area (Å²) in [4.78, 5) is 21.1. The topological polar surface area (TPSA) is 116 Å². The summed E-state index contributed by atoms with van der Waals surface area (Å²) in [5.74, 6) is 0.342. The predicted molar refractivity (Wildman–Crippen MR) is 66.8 cm³/mol. The molecule has 0 fully saturated rings. The molecule has 2 aromatic rings. The fourth-order valence-electron chi connectivity index (χ4n) is 1.30. The van der Waals surface area contributed by atoms with Crippen molar-refractivity contribution in [3.8, 4) is 0 Å². The zero-order valence-corrected chi connectivity index (χ0v) is 9.62. The number of benzene rings is 1. The Bertz CT molecular complexity index is 635. The highest BCUT2D eigenvalue weighted by Gasteiger charge is 2.13. The molecule has 1 aromatic carbocycles. The van der Waals surface area contributed by atoms with E-state index in [4.69, 9.17) is 11.6 Å². The van der Waals surface area contributed by atoms with Crippen LogP contribution in [0.4, 0.5) is 17.2 Å². The number of aromatic amines is 2. The molecule has 0 amide bonds. The second-order valence-corrected chi connectivity index (χ2v) is 3.78. The number of H-pyrrole nitrogens is 2. The normalized spacial score (nSPS) is 10.1. The first kappa shape index (κ1) is 12.0. The van der Waals surface area contributed by atoms with Crippen molar-refractivity contribution in [3.63, 3.8) is 0 Å². The number of hydrogen-bond donors (Lipinski definition) is 4. The van der Waals surface area contributed by atoms with Gasteiger partial charge in [-0.2, -0.15) is 0 Å². The van der Waals surface area contributed by atoms with E-state index in [-0.39, 0.29) is 16.9 Å². The molecule has 0 unspecified atom stereocenters. The third-order valence-corrected chi connectivity index (χ3v) is 2.32. The van der Waals surface area contributed by atoms with E-state index < -0.39 is 4.92 Å². The standard InChI is InChI=1S/C9H8ClN5O3/c10-5-1-2-7(15(17)18)6(3-5)11-12-8-4-9(16)14-13-8/h1-4,11H,(H3,12,13,14,16). The Kier molecular flexibility index (Phi) is 3.20. The number of rotatable bonds is 4. The van der Waals surface area contributed by atoms with Gasteiger partial charge < -0.3 is 0 Å². The zero-order chi connectivity index (χ0) is 13.1. The van der Waals surface area contributed by atoms with Gasteiger partial charge in [-0.05, 0) is 12.1 Å². The van der Waals surface area contributed by atoms with E-state index in [0.29, 0.717) is 10.8 Å². The van der Waals surface area contributed by atoms with Crippen LogP contribution in [-0.4, -0.2) is 15.1 Å². The Morgan fingerprint density at radius 2 is 2.00 bits per heavy atom. The fourth-order valence-corrected chi connectivity index (χ4v) is 1.47. The SMILES string of the molecule is O=c1cc(NNc2cc(Cl)ccc2[N+](=O)[O-])[nH][nH]1. The molecule has 0 bridgehead atoms. The monoisotopic (exact) mass is 269 g/mol. The molecular weight excluding hydrogens is 262 g/mol. The van der Waals surface area contributed by atoms with Crippen LogP contribution < -0.4 is 16.4 Å². The zero-order valence-electron chi connectivity index (χ0n) is 8.86. The van der Waals surface area contributed by atoms with Crippen molar-refractivity contribution >= 4 is 28.8 Å². The highest BCUT2D eigenvalue weighted by atomic mass is 35.5. The van der Waals surface area contributed by atoms with E-state index in [1.165, 1.54) is 24.3 Å². The molecule has 1 aromatic heterocycles. The van der Waals surface area contributed by atoms with E-state index in [1.54, 1.807) is 0 Å². The molecular formula is C9H8ClN5O3. The first-order valence-corrected chi connectivity index (χ1v) is 5.18. The number of nitro benzene ring substituents is 1. The predicted octanol–water partition coefficient (Wildman–Crippen LogP) is 1.70. The Morgan fingerprint density at radius 3 is 2.61 bits per heavy atom. The van der Waals surface area contributed by atoms with Gasteiger partial charge in [-0.25, -0.2) is 0 Å². The minimum atomic E-state index is -0.541. The van der Waals surface area contributed by atoms with Crippen LogP contribution >= 0.6 is 11.6 Å². The van der Waals surface area contributed by atoms with E-state index in [0.717, 1.165) is 0 Å². The van der Waals surface area contributed by atoms with Crippen molar-refractivity contribution in [1.29, 1.82) is 0 Å². The van der Waals surface area contributed by atoms with Crippen molar-refractivity contribution in [2.24, 2.45) is 0 Å². The minimum absolute atomic E-state index is 0.134. The summed E-state index contributed by atoms with van der Waals surface area (Å²) in [6.07, 6.45) is 0. The molecule has 4 N–H and O–H groups in total. The van der Waals surface area contributed by atoms with Crippen LogP contribution in [0.15, 0.2) is 29.1 Å². The van der Waals surface area contributed by atoms with Crippen molar-refractivity contribution in [3.05, 3.63) is 49.8 Å². The maximum Gasteiger partial charge on any atom is 0.294 e. The van der Waals surface area contributed by atoms with E-state index in [1.807, 2.05) is 0 Å². The number of hydrazine groups is 1. The molecule has 0 radical (unpaired) electrons. The van der Waals surface area contributed by atoms with Crippen LogP contribution in [0, 0.1) is 10.1 Å². The van der Waals surface area contributed by atoms with Gasteiger partial charge >= 0.3 is 0 Å². The molecule has 94 valence electrons. The van der Waals surface area contributed by atoms with Crippen molar-refractivity contribution in [1.82, 2.24) is 10.2 Å². The van der Waals surface area contributed by atoms with Crippen molar-refractivity contribution in [2.75, 3.05) is 10.9 Å². The summed E-state index contributed by atoms with van der Waals surface area (Å²) >= 11 is 5.75. The fraction of sp³-hybridized carbons (Fsp3) is 0. The summed E-state index contributed by atoms with van der Waals surface area (Å²) in [5.41, 5.74) is 4.94. The number of hydrogen-bond acceptors (Lipinski definition) is 5. The maximum atomic E-state index is 10.8. The molecule has 0 aliphatic rings. The van der Waals surface area contributed by atoms with Crippen LogP contribution in [0.2, 0.25) is 5.02 Å². The molecule has 0 aliphatic carbocycles. The molecule has 0 saturated heterocycles. The largest absolute Gasteiger partial charge is 0.294 e. The average molecular weight is 270 g/mol. The number of nitro groups is 1.